The number of carbonyl (C=O) groups excluding carboxylic acids is 3. The summed E-state index contributed by atoms with van der Waals surface area (Å²) < 4.78 is 5.14. The minimum atomic E-state index is 0. The van der Waals surface area contributed by atoms with Crippen molar-refractivity contribution in [3.63, 3.8) is 0 Å². The average Bonchev–Trinajstić information content (AvgIpc) is 2.78. The van der Waals surface area contributed by atoms with Crippen molar-refractivity contribution in [2.24, 2.45) is 0 Å². The molecule has 0 saturated carbocycles. The van der Waals surface area contributed by atoms with Crippen molar-refractivity contribution in [2.45, 2.75) is 12.8 Å². The molecular formula is C23H28ClN3O5. The van der Waals surface area contributed by atoms with Crippen LogP contribution in [-0.4, -0.2) is 72.7 Å². The topological polar surface area (TPSA) is 110 Å². The lowest BCUT2D eigenvalue weighted by atomic mass is 9.98. The third-order valence-electron chi connectivity index (χ3n) is 5.69. The van der Waals surface area contributed by atoms with E-state index in [9.17, 15) is 14.4 Å². The highest BCUT2D eigenvalue weighted by Gasteiger charge is 2.24. The molecule has 2 amide bonds. The van der Waals surface area contributed by atoms with E-state index in [1.54, 1.807) is 37.4 Å². The summed E-state index contributed by atoms with van der Waals surface area (Å²) in [6.45, 7) is 2.84. The molecule has 0 spiro atoms. The van der Waals surface area contributed by atoms with Gasteiger partial charge in [0.1, 0.15) is 5.75 Å². The predicted molar refractivity (Wildman–Crippen MR) is 124 cm³/mol. The van der Waals surface area contributed by atoms with E-state index >= 15 is 0 Å². The Kier molecular flexibility index (Phi) is 8.77. The molecule has 1 saturated heterocycles. The normalized spacial score (nSPS) is 15.5. The standard InChI is InChI=1S/C23H25N3O4.ClH.H2O/c1-30-19-6-2-16(3-7-19)23(29)26-12-10-25(11-13-26)15-21(27)18-4-8-20-17(14-18)5-9-22(28)24-20;;/h2-4,6-8,14H,5,9-13,15H2,1H3,(H,24,28);1H;1H2. The molecule has 1 fully saturated rings. The number of nitrogens with zero attached hydrogens (tertiary/aromatic N) is 2. The molecule has 2 aromatic rings. The fourth-order valence-corrected chi connectivity index (χ4v) is 3.88. The van der Waals surface area contributed by atoms with Gasteiger partial charge in [-0.1, -0.05) is 0 Å². The van der Waals surface area contributed by atoms with E-state index in [2.05, 4.69) is 10.2 Å². The lowest BCUT2D eigenvalue weighted by Crippen LogP contribution is -2.49. The first-order valence-corrected chi connectivity index (χ1v) is 10.1. The smallest absolute Gasteiger partial charge is 0.253 e. The van der Waals surface area contributed by atoms with Crippen LogP contribution in [0.5, 0.6) is 5.75 Å². The van der Waals surface area contributed by atoms with Gasteiger partial charge in [-0.3, -0.25) is 19.3 Å². The van der Waals surface area contributed by atoms with Crippen molar-refractivity contribution in [3.05, 3.63) is 59.2 Å². The maximum atomic E-state index is 12.7. The van der Waals surface area contributed by atoms with Crippen molar-refractivity contribution >= 4 is 35.7 Å². The predicted octanol–water partition coefficient (Wildman–Crippen LogP) is 1.82. The van der Waals surface area contributed by atoms with Crippen LogP contribution in [-0.2, 0) is 11.2 Å². The molecule has 0 aliphatic carbocycles. The van der Waals surface area contributed by atoms with E-state index in [0.717, 1.165) is 17.0 Å². The van der Waals surface area contributed by atoms with E-state index in [-0.39, 0.29) is 35.5 Å². The Morgan fingerprint density at radius 2 is 1.62 bits per heavy atom. The number of carbonyl (C=O) groups is 3. The highest BCUT2D eigenvalue weighted by Crippen LogP contribution is 2.24. The number of hydrogen-bond acceptors (Lipinski definition) is 5. The maximum Gasteiger partial charge on any atom is 0.253 e. The minimum Gasteiger partial charge on any atom is -0.497 e. The zero-order chi connectivity index (χ0) is 21.1. The summed E-state index contributed by atoms with van der Waals surface area (Å²) in [4.78, 5) is 40.8. The van der Waals surface area contributed by atoms with Gasteiger partial charge in [0.25, 0.3) is 5.91 Å². The van der Waals surface area contributed by atoms with E-state index < -0.39 is 0 Å². The molecule has 2 heterocycles. The lowest BCUT2D eigenvalue weighted by molar-refractivity contribution is -0.116. The number of Topliss-reactive ketones (excluding diaryl/α,β-unsaturated/α-hetero) is 1. The molecule has 32 heavy (non-hydrogen) atoms. The summed E-state index contributed by atoms with van der Waals surface area (Å²) in [6.07, 6.45) is 1.11. The van der Waals surface area contributed by atoms with E-state index in [4.69, 9.17) is 4.74 Å². The molecular weight excluding hydrogens is 434 g/mol. The first-order chi connectivity index (χ1) is 14.5. The second-order valence-electron chi connectivity index (χ2n) is 7.64. The first kappa shape index (κ1) is 25.3. The van der Waals surface area contributed by atoms with Crippen LogP contribution in [0.25, 0.3) is 0 Å². The van der Waals surface area contributed by atoms with E-state index in [1.165, 1.54) is 0 Å². The first-order valence-electron chi connectivity index (χ1n) is 10.1. The van der Waals surface area contributed by atoms with Crippen molar-refractivity contribution in [2.75, 3.05) is 45.2 Å². The summed E-state index contributed by atoms with van der Waals surface area (Å²) in [5.74, 6) is 0.799. The quantitative estimate of drug-likeness (QED) is 0.683. The Morgan fingerprint density at radius 1 is 0.969 bits per heavy atom. The summed E-state index contributed by atoms with van der Waals surface area (Å²) >= 11 is 0. The van der Waals surface area contributed by atoms with Crippen LogP contribution in [0.15, 0.2) is 42.5 Å². The van der Waals surface area contributed by atoms with Gasteiger partial charge in [0.05, 0.1) is 13.7 Å². The van der Waals surface area contributed by atoms with E-state index in [1.807, 2.05) is 17.0 Å². The number of benzene rings is 2. The van der Waals surface area contributed by atoms with Crippen LogP contribution in [0.2, 0.25) is 0 Å². The van der Waals surface area contributed by atoms with Gasteiger partial charge in [0, 0.05) is 49.4 Å². The van der Waals surface area contributed by atoms with Crippen molar-refractivity contribution in [1.82, 2.24) is 9.80 Å². The summed E-state index contributed by atoms with van der Waals surface area (Å²) in [5, 5.41) is 2.84. The molecule has 4 rings (SSSR count). The molecule has 0 bridgehead atoms. The van der Waals surface area contributed by atoms with Crippen LogP contribution in [0.4, 0.5) is 5.69 Å². The van der Waals surface area contributed by atoms with Crippen molar-refractivity contribution in [3.8, 4) is 5.75 Å². The SMILES string of the molecule is COc1ccc(C(=O)N2CCN(CC(=O)c3ccc4c(c3)CCC(=O)N4)CC2)cc1.Cl.O. The largest absolute Gasteiger partial charge is 0.497 e. The lowest BCUT2D eigenvalue weighted by Gasteiger charge is -2.34. The fourth-order valence-electron chi connectivity index (χ4n) is 3.88. The Balaban J connectivity index is 0.00000181. The van der Waals surface area contributed by atoms with Gasteiger partial charge in [0.2, 0.25) is 5.91 Å². The number of methoxy groups -OCH3 is 1. The second kappa shape index (κ2) is 11.1. The third kappa shape index (κ3) is 5.64. The number of hydrogen-bond donors (Lipinski definition) is 1. The van der Waals surface area contributed by atoms with Gasteiger partial charge >= 0.3 is 0 Å². The van der Waals surface area contributed by atoms with Crippen molar-refractivity contribution in [1.29, 1.82) is 0 Å². The molecule has 0 radical (unpaired) electrons. The summed E-state index contributed by atoms with van der Waals surface area (Å²) in [7, 11) is 1.60. The van der Waals surface area contributed by atoms with Gasteiger partial charge in [0.15, 0.2) is 5.78 Å². The molecule has 8 nitrogen and oxygen atoms in total. The molecule has 172 valence electrons. The van der Waals surface area contributed by atoms with Gasteiger partial charge in [-0.25, -0.2) is 0 Å². The number of rotatable bonds is 5. The Hall–Kier alpha value is -2.94. The molecule has 0 aromatic heterocycles. The number of piperazine rings is 1. The molecule has 0 unspecified atom stereocenters. The highest BCUT2D eigenvalue weighted by atomic mass is 35.5. The number of fused-ring (bicyclic) bond motifs is 1. The summed E-state index contributed by atoms with van der Waals surface area (Å²) in [5.41, 5.74) is 3.12. The number of halogens is 1. The maximum absolute atomic E-state index is 12.7. The minimum absolute atomic E-state index is 0. The fraction of sp³-hybridized carbons (Fsp3) is 0.348. The van der Waals surface area contributed by atoms with Crippen LogP contribution in [0.3, 0.4) is 0 Å². The Bertz CT molecular complexity index is 972. The van der Waals surface area contributed by atoms with Crippen LogP contribution in [0, 0.1) is 0 Å². The zero-order valence-electron chi connectivity index (χ0n) is 17.9. The highest BCUT2D eigenvalue weighted by molar-refractivity contribution is 6.00. The molecule has 2 aromatic carbocycles. The Morgan fingerprint density at radius 3 is 2.28 bits per heavy atom. The number of anilines is 1. The van der Waals surface area contributed by atoms with Crippen molar-refractivity contribution < 1.29 is 24.6 Å². The number of amides is 2. The number of nitrogens with one attached hydrogen (secondary N) is 1. The molecule has 9 heteroatoms. The van der Waals surface area contributed by atoms with Crippen LogP contribution in [0.1, 0.15) is 32.7 Å². The van der Waals surface area contributed by atoms with Gasteiger partial charge in [-0.05, 0) is 54.4 Å². The molecule has 2 aliphatic rings. The molecule has 2 aliphatic heterocycles. The molecule has 0 atom stereocenters. The van der Waals surface area contributed by atoms with Crippen LogP contribution < -0.4 is 10.1 Å². The number of ketones is 1. The zero-order valence-corrected chi connectivity index (χ0v) is 18.7. The average molecular weight is 462 g/mol. The van der Waals surface area contributed by atoms with E-state index in [0.29, 0.717) is 56.7 Å². The summed E-state index contributed by atoms with van der Waals surface area (Å²) in [6, 6.07) is 12.6. The second-order valence-corrected chi connectivity index (χ2v) is 7.64. The van der Waals surface area contributed by atoms with Gasteiger partial charge in [-0.2, -0.15) is 0 Å². The van der Waals surface area contributed by atoms with Gasteiger partial charge < -0.3 is 20.4 Å². The number of aryl methyl sites for hydroxylation is 1. The Labute approximate surface area is 193 Å². The van der Waals surface area contributed by atoms with Crippen LogP contribution >= 0.6 is 12.4 Å². The van der Waals surface area contributed by atoms with Gasteiger partial charge in [-0.15, -0.1) is 12.4 Å². The molecule has 3 N–H and O–H groups in total. The monoisotopic (exact) mass is 461 g/mol. The third-order valence-corrected chi connectivity index (χ3v) is 5.69. The number of ether oxygens (including phenoxy) is 1.